The van der Waals surface area contributed by atoms with Gasteiger partial charge in [0, 0.05) is 6.07 Å². The minimum Gasteiger partial charge on any atom is -0.494 e. The van der Waals surface area contributed by atoms with Crippen molar-refractivity contribution in [2.45, 2.75) is 6.92 Å². The van der Waals surface area contributed by atoms with Gasteiger partial charge in [0.15, 0.2) is 23.2 Å². The lowest BCUT2D eigenvalue weighted by Gasteiger charge is -2.29. The fourth-order valence-electron chi connectivity index (χ4n) is 2.94. The monoisotopic (exact) mass is 437 g/mol. The van der Waals surface area contributed by atoms with Crippen LogP contribution in [-0.4, -0.2) is 37.3 Å². The summed E-state index contributed by atoms with van der Waals surface area (Å²) >= 11 is 5.23. The third-order valence-electron chi connectivity index (χ3n) is 4.28. The highest BCUT2D eigenvalue weighted by Gasteiger charge is 2.34. The average molecular weight is 437 g/mol. The van der Waals surface area contributed by atoms with Gasteiger partial charge in [-0.15, -0.1) is 0 Å². The van der Waals surface area contributed by atoms with Gasteiger partial charge in [-0.3, -0.25) is 19.8 Å². The van der Waals surface area contributed by atoms with Crippen molar-refractivity contribution in [2.24, 2.45) is 0 Å². The topological polar surface area (TPSA) is 101 Å². The molecule has 31 heavy (non-hydrogen) atoms. The highest BCUT2D eigenvalue weighted by Crippen LogP contribution is 2.30. The van der Waals surface area contributed by atoms with Gasteiger partial charge in [0.2, 0.25) is 0 Å². The second-order valence-electron chi connectivity index (χ2n) is 6.25. The second-order valence-corrected chi connectivity index (χ2v) is 6.63. The molecule has 8 nitrogen and oxygen atoms in total. The van der Waals surface area contributed by atoms with Crippen molar-refractivity contribution in [3.05, 3.63) is 53.6 Å². The molecule has 0 atom stereocenters. The minimum atomic E-state index is -0.601. The molecule has 0 aliphatic carbocycles. The number of hydrogen-bond acceptors (Lipinski definition) is 7. The van der Waals surface area contributed by atoms with Gasteiger partial charge in [0.1, 0.15) is 17.4 Å². The van der Waals surface area contributed by atoms with Crippen LogP contribution in [0.5, 0.6) is 17.2 Å². The Labute approximate surface area is 184 Å². The molecule has 0 spiro atoms. The van der Waals surface area contributed by atoms with Gasteiger partial charge in [-0.2, -0.15) is 5.26 Å². The molecular formula is C22H19N3O5S. The number of amides is 2. The molecule has 3 rings (SSSR count). The first kappa shape index (κ1) is 21.8. The zero-order valence-corrected chi connectivity index (χ0v) is 17.7. The van der Waals surface area contributed by atoms with Crippen molar-refractivity contribution in [2.75, 3.05) is 25.2 Å². The predicted octanol–water partition coefficient (Wildman–Crippen LogP) is 2.83. The molecule has 1 heterocycles. The van der Waals surface area contributed by atoms with Gasteiger partial charge in [-0.1, -0.05) is 12.1 Å². The molecule has 0 saturated carbocycles. The maximum atomic E-state index is 13.2. The number of ether oxygens (including phenoxy) is 3. The van der Waals surface area contributed by atoms with Gasteiger partial charge < -0.3 is 14.2 Å². The first-order chi connectivity index (χ1) is 15.0. The zero-order valence-electron chi connectivity index (χ0n) is 16.9. The van der Waals surface area contributed by atoms with Crippen LogP contribution in [0.3, 0.4) is 0 Å². The summed E-state index contributed by atoms with van der Waals surface area (Å²) < 4.78 is 16.1. The molecule has 2 aromatic carbocycles. The summed E-state index contributed by atoms with van der Waals surface area (Å²) in [6.07, 6.45) is 1.44. The summed E-state index contributed by atoms with van der Waals surface area (Å²) in [6.45, 7) is 2.19. The van der Waals surface area contributed by atoms with E-state index in [1.54, 1.807) is 42.5 Å². The summed E-state index contributed by atoms with van der Waals surface area (Å²) in [5.74, 6) is 0.157. The Morgan fingerprint density at radius 1 is 1.16 bits per heavy atom. The Morgan fingerprint density at radius 3 is 2.68 bits per heavy atom. The lowest BCUT2D eigenvalue weighted by atomic mass is 10.1. The Bertz CT molecular complexity index is 1110. The minimum absolute atomic E-state index is 0.0152. The molecule has 1 aliphatic rings. The maximum absolute atomic E-state index is 13.2. The number of methoxy groups -OCH3 is 1. The first-order valence-electron chi connectivity index (χ1n) is 9.30. The van der Waals surface area contributed by atoms with Crippen molar-refractivity contribution in [3.63, 3.8) is 0 Å². The Morgan fingerprint density at radius 2 is 1.97 bits per heavy atom. The molecule has 2 amide bonds. The van der Waals surface area contributed by atoms with E-state index in [0.717, 1.165) is 0 Å². The van der Waals surface area contributed by atoms with Crippen LogP contribution in [0.1, 0.15) is 12.5 Å². The van der Waals surface area contributed by atoms with Crippen LogP contribution in [0.15, 0.2) is 48.0 Å². The van der Waals surface area contributed by atoms with E-state index in [9.17, 15) is 9.59 Å². The molecule has 1 aliphatic heterocycles. The highest BCUT2D eigenvalue weighted by atomic mass is 32.1. The standard InChI is InChI=1S/C22H19N3O5S/c1-3-29-16-6-4-5-15(13-16)25-21(27)17(20(26)24-22(25)31)11-14-7-8-18(30-10-9-23)19(12-14)28-2/h4-8,11-13H,3,10H2,1-2H3,(H,24,26,31). The molecule has 2 aromatic rings. The molecule has 0 radical (unpaired) electrons. The normalized spacial score (nSPS) is 14.8. The number of nitriles is 1. The summed E-state index contributed by atoms with van der Waals surface area (Å²) in [6, 6.07) is 13.6. The number of anilines is 1. The van der Waals surface area contributed by atoms with Gasteiger partial charge in [0.25, 0.3) is 11.8 Å². The number of hydrogen-bond donors (Lipinski definition) is 1. The largest absolute Gasteiger partial charge is 0.494 e. The van der Waals surface area contributed by atoms with Gasteiger partial charge in [0.05, 0.1) is 19.4 Å². The van der Waals surface area contributed by atoms with Crippen LogP contribution < -0.4 is 24.4 Å². The molecule has 9 heteroatoms. The third kappa shape index (κ3) is 4.82. The fraction of sp³-hybridized carbons (Fsp3) is 0.182. The number of nitrogens with zero attached hydrogens (tertiary/aromatic N) is 2. The number of nitrogens with one attached hydrogen (secondary N) is 1. The van der Waals surface area contributed by atoms with Crippen LogP contribution in [0, 0.1) is 11.3 Å². The number of rotatable bonds is 7. The van der Waals surface area contributed by atoms with Gasteiger partial charge in [-0.25, -0.2) is 0 Å². The highest BCUT2D eigenvalue weighted by molar-refractivity contribution is 7.80. The quantitative estimate of drug-likeness (QED) is 0.404. The Kier molecular flexibility index (Phi) is 6.85. The molecule has 0 unspecified atom stereocenters. The summed E-state index contributed by atoms with van der Waals surface area (Å²) in [5.41, 5.74) is 0.920. The van der Waals surface area contributed by atoms with Crippen molar-refractivity contribution in [3.8, 4) is 23.3 Å². The average Bonchev–Trinajstić information content (AvgIpc) is 2.76. The third-order valence-corrected chi connectivity index (χ3v) is 4.56. The molecule has 158 valence electrons. The SMILES string of the molecule is CCOc1cccc(N2C(=O)C(=Cc3ccc(OCC#N)c(OC)c3)C(=O)NC2=S)c1. The summed E-state index contributed by atoms with van der Waals surface area (Å²) in [5, 5.41) is 11.2. The predicted molar refractivity (Wildman–Crippen MR) is 118 cm³/mol. The molecule has 0 bridgehead atoms. The van der Waals surface area contributed by atoms with E-state index < -0.39 is 11.8 Å². The van der Waals surface area contributed by atoms with Crippen molar-refractivity contribution >= 4 is 40.9 Å². The number of benzene rings is 2. The van der Waals surface area contributed by atoms with Gasteiger partial charge >= 0.3 is 0 Å². The van der Waals surface area contributed by atoms with Crippen LogP contribution >= 0.6 is 12.2 Å². The van der Waals surface area contributed by atoms with Crippen LogP contribution in [0.25, 0.3) is 6.08 Å². The number of carbonyl (C=O) groups excluding carboxylic acids is 2. The van der Waals surface area contributed by atoms with E-state index in [4.69, 9.17) is 31.7 Å². The van der Waals surface area contributed by atoms with E-state index >= 15 is 0 Å². The fourth-order valence-corrected chi connectivity index (χ4v) is 3.22. The van der Waals surface area contributed by atoms with Crippen molar-refractivity contribution < 1.29 is 23.8 Å². The van der Waals surface area contributed by atoms with Crippen LogP contribution in [0.4, 0.5) is 5.69 Å². The van der Waals surface area contributed by atoms with Crippen LogP contribution in [0.2, 0.25) is 0 Å². The van der Waals surface area contributed by atoms with E-state index in [0.29, 0.717) is 35.1 Å². The van der Waals surface area contributed by atoms with E-state index in [-0.39, 0.29) is 17.3 Å². The molecule has 1 N–H and O–H groups in total. The Balaban J connectivity index is 1.96. The lowest BCUT2D eigenvalue weighted by molar-refractivity contribution is -0.122. The number of carbonyl (C=O) groups is 2. The van der Waals surface area contributed by atoms with E-state index in [1.165, 1.54) is 18.1 Å². The first-order valence-corrected chi connectivity index (χ1v) is 9.71. The molecule has 1 fully saturated rings. The van der Waals surface area contributed by atoms with Gasteiger partial charge in [-0.05, 0) is 55.0 Å². The van der Waals surface area contributed by atoms with E-state index in [2.05, 4.69) is 5.32 Å². The maximum Gasteiger partial charge on any atom is 0.270 e. The van der Waals surface area contributed by atoms with E-state index in [1.807, 2.05) is 13.0 Å². The number of thiocarbonyl (C=S) groups is 1. The lowest BCUT2D eigenvalue weighted by Crippen LogP contribution is -2.54. The van der Waals surface area contributed by atoms with Crippen molar-refractivity contribution in [1.82, 2.24) is 5.32 Å². The summed E-state index contributed by atoms with van der Waals surface area (Å²) in [4.78, 5) is 26.9. The summed E-state index contributed by atoms with van der Waals surface area (Å²) in [7, 11) is 1.45. The zero-order chi connectivity index (χ0) is 22.4. The molecule has 0 aromatic heterocycles. The second kappa shape index (κ2) is 9.73. The molecule has 1 saturated heterocycles. The van der Waals surface area contributed by atoms with Crippen molar-refractivity contribution in [1.29, 1.82) is 5.26 Å². The van der Waals surface area contributed by atoms with Crippen LogP contribution in [-0.2, 0) is 9.59 Å². The smallest absolute Gasteiger partial charge is 0.270 e. The Hall–Kier alpha value is -3.90. The molecular weight excluding hydrogens is 418 g/mol.